The highest BCUT2D eigenvalue weighted by atomic mass is 19.4. The van der Waals surface area contributed by atoms with Gasteiger partial charge in [-0.2, -0.15) is 18.3 Å². The second kappa shape index (κ2) is 6.87. The van der Waals surface area contributed by atoms with E-state index in [1.807, 2.05) is 0 Å². The normalized spacial score (nSPS) is 12.0. The number of hydrazone groups is 1. The Balaban J connectivity index is 2.72. The van der Waals surface area contributed by atoms with Crippen LogP contribution in [0.15, 0.2) is 29.4 Å². The zero-order chi connectivity index (χ0) is 16.0. The number of rotatable bonds is 4. The fourth-order valence-corrected chi connectivity index (χ4v) is 1.29. The van der Waals surface area contributed by atoms with Crippen LogP contribution in [0.4, 0.5) is 13.2 Å². The lowest BCUT2D eigenvalue weighted by atomic mass is 10.1. The third kappa shape index (κ3) is 4.90. The molecule has 0 saturated heterocycles. The number of nitrogens with one attached hydrogen (secondary N) is 1. The molecule has 0 bridgehead atoms. The number of hydrogen-bond donors (Lipinski definition) is 1. The van der Waals surface area contributed by atoms with Crippen LogP contribution in [0.1, 0.15) is 29.8 Å². The molecule has 0 aliphatic rings. The molecule has 0 aromatic heterocycles. The Morgan fingerprint density at radius 1 is 1.24 bits per heavy atom. The Hall–Kier alpha value is -2.38. The maximum atomic E-state index is 12.4. The van der Waals surface area contributed by atoms with Crippen molar-refractivity contribution in [3.05, 3.63) is 35.4 Å². The van der Waals surface area contributed by atoms with Crippen molar-refractivity contribution in [3.63, 3.8) is 0 Å². The van der Waals surface area contributed by atoms with Crippen molar-refractivity contribution >= 4 is 17.6 Å². The fourth-order valence-electron chi connectivity index (χ4n) is 1.29. The van der Waals surface area contributed by atoms with E-state index in [0.717, 1.165) is 24.3 Å². The highest BCUT2D eigenvalue weighted by Crippen LogP contribution is 2.28. The van der Waals surface area contributed by atoms with Gasteiger partial charge in [0.25, 0.3) is 5.91 Å². The summed E-state index contributed by atoms with van der Waals surface area (Å²) in [5.74, 6) is -1.42. The summed E-state index contributed by atoms with van der Waals surface area (Å²) >= 11 is 0. The quantitative estimate of drug-likeness (QED) is 0.527. The van der Waals surface area contributed by atoms with Gasteiger partial charge in [0.2, 0.25) is 0 Å². The van der Waals surface area contributed by atoms with E-state index in [1.165, 1.54) is 6.92 Å². The number of hydrogen-bond acceptors (Lipinski definition) is 4. The van der Waals surface area contributed by atoms with Crippen molar-refractivity contribution in [3.8, 4) is 0 Å². The SMILES string of the molecule is CCOC(=O)/C(C)=N/NC(=O)c1ccc(C(F)(F)F)cc1. The molecule has 8 heteroatoms. The van der Waals surface area contributed by atoms with E-state index in [2.05, 4.69) is 15.3 Å². The number of halogens is 3. The summed E-state index contributed by atoms with van der Waals surface area (Å²) in [7, 11) is 0. The molecule has 0 spiro atoms. The third-order valence-corrected chi connectivity index (χ3v) is 2.37. The predicted octanol–water partition coefficient (Wildman–Crippen LogP) is 2.37. The van der Waals surface area contributed by atoms with Crippen LogP contribution in [0.25, 0.3) is 0 Å². The molecule has 114 valence electrons. The minimum Gasteiger partial charge on any atom is -0.461 e. The average molecular weight is 302 g/mol. The van der Waals surface area contributed by atoms with E-state index in [9.17, 15) is 22.8 Å². The molecule has 1 amide bonds. The first kappa shape index (κ1) is 16.7. The fraction of sp³-hybridized carbons (Fsp3) is 0.308. The minimum absolute atomic E-state index is 0.0107. The van der Waals surface area contributed by atoms with Crippen molar-refractivity contribution in [2.45, 2.75) is 20.0 Å². The van der Waals surface area contributed by atoms with Gasteiger partial charge in [-0.05, 0) is 38.1 Å². The van der Waals surface area contributed by atoms with E-state index in [0.29, 0.717) is 0 Å². The molecule has 0 aliphatic heterocycles. The highest BCUT2D eigenvalue weighted by molar-refractivity contribution is 6.35. The molecule has 5 nitrogen and oxygen atoms in total. The van der Waals surface area contributed by atoms with Gasteiger partial charge >= 0.3 is 12.1 Å². The molecule has 1 N–H and O–H groups in total. The first-order chi connectivity index (χ1) is 9.75. The first-order valence-corrected chi connectivity index (χ1v) is 5.94. The van der Waals surface area contributed by atoms with Crippen LogP contribution >= 0.6 is 0 Å². The zero-order valence-corrected chi connectivity index (χ0v) is 11.3. The maximum Gasteiger partial charge on any atom is 0.416 e. The number of nitrogens with zero attached hydrogens (tertiary/aromatic N) is 1. The summed E-state index contributed by atoms with van der Waals surface area (Å²) < 4.78 is 41.7. The Morgan fingerprint density at radius 3 is 2.29 bits per heavy atom. The van der Waals surface area contributed by atoms with Gasteiger partial charge in [-0.3, -0.25) is 4.79 Å². The van der Waals surface area contributed by atoms with Crippen molar-refractivity contribution in [2.24, 2.45) is 5.10 Å². The Kier molecular flexibility index (Phi) is 5.45. The number of benzene rings is 1. The third-order valence-electron chi connectivity index (χ3n) is 2.37. The summed E-state index contributed by atoms with van der Waals surface area (Å²) in [4.78, 5) is 22.9. The Morgan fingerprint density at radius 2 is 1.81 bits per heavy atom. The van der Waals surface area contributed by atoms with E-state index >= 15 is 0 Å². The van der Waals surface area contributed by atoms with Gasteiger partial charge in [0.1, 0.15) is 5.71 Å². The predicted molar refractivity (Wildman–Crippen MR) is 68.7 cm³/mol. The van der Waals surface area contributed by atoms with Crippen LogP contribution in [0.5, 0.6) is 0 Å². The van der Waals surface area contributed by atoms with Gasteiger partial charge in [0.05, 0.1) is 12.2 Å². The van der Waals surface area contributed by atoms with Crippen LogP contribution in [0, 0.1) is 0 Å². The molecule has 0 heterocycles. The molecule has 0 aliphatic carbocycles. The molecule has 1 rings (SSSR count). The van der Waals surface area contributed by atoms with E-state index < -0.39 is 23.6 Å². The highest BCUT2D eigenvalue weighted by Gasteiger charge is 2.30. The molecule has 1 aromatic carbocycles. The number of carbonyl (C=O) groups excluding carboxylic acids is 2. The molecule has 0 radical (unpaired) electrons. The molecule has 21 heavy (non-hydrogen) atoms. The summed E-state index contributed by atoms with van der Waals surface area (Å²) in [6.07, 6.45) is -4.46. The summed E-state index contributed by atoms with van der Waals surface area (Å²) in [6, 6.07) is 3.62. The topological polar surface area (TPSA) is 67.8 Å². The molecule has 0 saturated carbocycles. The number of carbonyl (C=O) groups is 2. The van der Waals surface area contributed by atoms with Crippen molar-refractivity contribution < 1.29 is 27.5 Å². The molecule has 0 unspecified atom stereocenters. The second-order valence-corrected chi connectivity index (χ2v) is 3.93. The molecule has 1 aromatic rings. The van der Waals surface area contributed by atoms with Crippen LogP contribution in [-0.2, 0) is 15.7 Å². The summed E-state index contributed by atoms with van der Waals surface area (Å²) in [5, 5.41) is 3.51. The van der Waals surface area contributed by atoms with Gasteiger partial charge in [-0.15, -0.1) is 0 Å². The molecular formula is C13H13F3N2O3. The van der Waals surface area contributed by atoms with E-state index in [4.69, 9.17) is 0 Å². The summed E-state index contributed by atoms with van der Waals surface area (Å²) in [5.41, 5.74) is 1.12. The maximum absolute atomic E-state index is 12.4. The van der Waals surface area contributed by atoms with Crippen LogP contribution < -0.4 is 5.43 Å². The van der Waals surface area contributed by atoms with E-state index in [1.54, 1.807) is 6.92 Å². The van der Waals surface area contributed by atoms with Crippen molar-refractivity contribution in [1.29, 1.82) is 0 Å². The zero-order valence-electron chi connectivity index (χ0n) is 11.3. The standard InChI is InChI=1S/C13H13F3N2O3/c1-3-21-12(20)8(2)17-18-11(19)9-4-6-10(7-5-9)13(14,15)16/h4-7H,3H2,1-2H3,(H,18,19)/b17-8+. The van der Waals surface area contributed by atoms with Gasteiger partial charge in [-0.25, -0.2) is 10.2 Å². The average Bonchev–Trinajstić information content (AvgIpc) is 2.43. The molecule has 0 fully saturated rings. The first-order valence-electron chi connectivity index (χ1n) is 5.94. The minimum atomic E-state index is -4.46. The Labute approximate surface area is 118 Å². The van der Waals surface area contributed by atoms with Gasteiger partial charge in [-0.1, -0.05) is 0 Å². The lowest BCUT2D eigenvalue weighted by Crippen LogP contribution is -2.23. The van der Waals surface area contributed by atoms with Crippen molar-refractivity contribution in [2.75, 3.05) is 6.61 Å². The van der Waals surface area contributed by atoms with Crippen molar-refractivity contribution in [1.82, 2.24) is 5.43 Å². The molecule has 0 atom stereocenters. The lowest BCUT2D eigenvalue weighted by Gasteiger charge is -2.07. The lowest BCUT2D eigenvalue weighted by molar-refractivity contribution is -0.137. The number of esters is 1. The van der Waals surface area contributed by atoms with Crippen LogP contribution in [0.2, 0.25) is 0 Å². The number of amides is 1. The summed E-state index contributed by atoms with van der Waals surface area (Å²) in [6.45, 7) is 3.12. The van der Waals surface area contributed by atoms with Crippen LogP contribution in [0.3, 0.4) is 0 Å². The number of ether oxygens (including phenoxy) is 1. The van der Waals surface area contributed by atoms with Gasteiger partial charge < -0.3 is 4.74 Å². The van der Waals surface area contributed by atoms with Gasteiger partial charge in [0, 0.05) is 5.56 Å². The Bertz CT molecular complexity index is 551. The van der Waals surface area contributed by atoms with E-state index in [-0.39, 0.29) is 17.9 Å². The van der Waals surface area contributed by atoms with Crippen LogP contribution in [-0.4, -0.2) is 24.2 Å². The second-order valence-electron chi connectivity index (χ2n) is 3.93. The smallest absolute Gasteiger partial charge is 0.416 e. The van der Waals surface area contributed by atoms with Gasteiger partial charge in [0.15, 0.2) is 0 Å². The molecular weight excluding hydrogens is 289 g/mol. The monoisotopic (exact) mass is 302 g/mol. The largest absolute Gasteiger partial charge is 0.461 e. The number of alkyl halides is 3.